The molecule has 1 aliphatic rings. The second kappa shape index (κ2) is 7.97. The van der Waals surface area contributed by atoms with Crippen molar-refractivity contribution in [1.29, 1.82) is 0 Å². The van der Waals surface area contributed by atoms with Gasteiger partial charge < -0.3 is 10.2 Å². The number of amides is 1. The molecule has 0 radical (unpaired) electrons. The third-order valence-corrected chi connectivity index (χ3v) is 4.49. The molecule has 6 heteroatoms. The van der Waals surface area contributed by atoms with Crippen LogP contribution in [-0.4, -0.2) is 53.7 Å². The smallest absolute Gasteiger partial charge is 0.225 e. The highest BCUT2D eigenvalue weighted by molar-refractivity contribution is 5.91. The van der Waals surface area contributed by atoms with Crippen LogP contribution in [0.15, 0.2) is 36.5 Å². The molecule has 6 nitrogen and oxygen atoms in total. The van der Waals surface area contributed by atoms with Gasteiger partial charge in [0.1, 0.15) is 0 Å². The number of nitrogens with one attached hydrogen (secondary N) is 2. The Balaban J connectivity index is 1.41. The average molecular weight is 327 g/mol. The number of hydrogen-bond acceptors (Lipinski definition) is 4. The van der Waals surface area contributed by atoms with Crippen LogP contribution < -0.4 is 10.2 Å². The zero-order valence-electron chi connectivity index (χ0n) is 14.2. The topological polar surface area (TPSA) is 64.3 Å². The van der Waals surface area contributed by atoms with Crippen LogP contribution in [0.2, 0.25) is 0 Å². The summed E-state index contributed by atoms with van der Waals surface area (Å²) in [7, 11) is 0. The maximum absolute atomic E-state index is 12.1. The number of hydrogen-bond donors (Lipinski definition) is 2. The van der Waals surface area contributed by atoms with Crippen molar-refractivity contribution in [1.82, 2.24) is 15.1 Å². The zero-order chi connectivity index (χ0) is 16.8. The third kappa shape index (κ3) is 4.14. The van der Waals surface area contributed by atoms with Crippen LogP contribution in [0.1, 0.15) is 19.0 Å². The van der Waals surface area contributed by atoms with Gasteiger partial charge in [0.05, 0.1) is 17.6 Å². The highest BCUT2D eigenvalue weighted by Gasteiger charge is 2.18. The molecule has 1 amide bonds. The fourth-order valence-electron chi connectivity index (χ4n) is 3.03. The second-order valence-electron chi connectivity index (χ2n) is 6.08. The first-order valence-corrected chi connectivity index (χ1v) is 8.60. The van der Waals surface area contributed by atoms with Crippen molar-refractivity contribution in [2.24, 2.45) is 0 Å². The number of aryl methyl sites for hydroxylation is 1. The number of carbonyl (C=O) groups is 1. The van der Waals surface area contributed by atoms with Gasteiger partial charge >= 0.3 is 0 Å². The molecular weight excluding hydrogens is 302 g/mol. The first-order chi connectivity index (χ1) is 11.8. The Bertz CT molecular complexity index is 646. The fraction of sp³-hybridized carbons (Fsp3) is 0.444. The number of para-hydroxylation sites is 1. The van der Waals surface area contributed by atoms with E-state index < -0.39 is 0 Å². The predicted molar refractivity (Wildman–Crippen MR) is 96.3 cm³/mol. The molecule has 0 saturated carbocycles. The quantitative estimate of drug-likeness (QED) is 0.853. The molecule has 2 N–H and O–H groups in total. The Hall–Kier alpha value is -2.34. The highest BCUT2D eigenvalue weighted by atomic mass is 16.1. The lowest BCUT2D eigenvalue weighted by Crippen LogP contribution is -2.47. The number of carbonyl (C=O) groups excluding carboxylic acids is 1. The Kier molecular flexibility index (Phi) is 5.48. The van der Waals surface area contributed by atoms with Crippen molar-refractivity contribution in [2.45, 2.75) is 19.8 Å². The predicted octanol–water partition coefficient (Wildman–Crippen LogP) is 2.12. The van der Waals surface area contributed by atoms with Crippen molar-refractivity contribution in [3.63, 3.8) is 0 Å². The SMILES string of the molecule is CCc1[nH]ncc1NC(=O)CCN1CCN(c2ccccc2)CC1. The number of benzene rings is 1. The lowest BCUT2D eigenvalue weighted by atomic mass is 10.2. The minimum absolute atomic E-state index is 0.0524. The largest absolute Gasteiger partial charge is 0.369 e. The summed E-state index contributed by atoms with van der Waals surface area (Å²) < 4.78 is 0. The maximum atomic E-state index is 12.1. The van der Waals surface area contributed by atoms with E-state index in [1.54, 1.807) is 6.20 Å². The molecule has 128 valence electrons. The molecule has 3 rings (SSSR count). The maximum Gasteiger partial charge on any atom is 0.225 e. The van der Waals surface area contributed by atoms with E-state index in [9.17, 15) is 4.79 Å². The van der Waals surface area contributed by atoms with Gasteiger partial charge in [-0.3, -0.25) is 14.8 Å². The van der Waals surface area contributed by atoms with Gasteiger partial charge in [0.15, 0.2) is 0 Å². The second-order valence-corrected chi connectivity index (χ2v) is 6.08. The van der Waals surface area contributed by atoms with Crippen LogP contribution in [0.25, 0.3) is 0 Å². The van der Waals surface area contributed by atoms with E-state index in [4.69, 9.17) is 0 Å². The average Bonchev–Trinajstić information content (AvgIpc) is 3.08. The summed E-state index contributed by atoms with van der Waals surface area (Å²) >= 11 is 0. The Morgan fingerprint density at radius 2 is 1.96 bits per heavy atom. The molecule has 2 heterocycles. The Morgan fingerprint density at radius 1 is 1.21 bits per heavy atom. The van der Waals surface area contributed by atoms with Gasteiger partial charge in [0.25, 0.3) is 0 Å². The highest BCUT2D eigenvalue weighted by Crippen LogP contribution is 2.16. The van der Waals surface area contributed by atoms with E-state index >= 15 is 0 Å². The molecule has 1 aromatic heterocycles. The minimum atomic E-state index is 0.0524. The number of aromatic nitrogens is 2. The molecule has 0 atom stereocenters. The van der Waals surface area contributed by atoms with Gasteiger partial charge in [-0.25, -0.2) is 0 Å². The van der Waals surface area contributed by atoms with Crippen molar-refractivity contribution >= 4 is 17.3 Å². The Labute approximate surface area is 142 Å². The summed E-state index contributed by atoms with van der Waals surface area (Å²) in [4.78, 5) is 16.9. The van der Waals surface area contributed by atoms with Crippen LogP contribution >= 0.6 is 0 Å². The third-order valence-electron chi connectivity index (χ3n) is 4.49. The van der Waals surface area contributed by atoms with Crippen LogP contribution in [-0.2, 0) is 11.2 Å². The monoisotopic (exact) mass is 327 g/mol. The van der Waals surface area contributed by atoms with Gasteiger partial charge in [-0.15, -0.1) is 0 Å². The molecule has 1 saturated heterocycles. The molecule has 0 spiro atoms. The van der Waals surface area contributed by atoms with Crippen LogP contribution in [0.3, 0.4) is 0 Å². The van der Waals surface area contributed by atoms with Crippen molar-refractivity contribution in [2.75, 3.05) is 42.9 Å². The summed E-state index contributed by atoms with van der Waals surface area (Å²) in [5, 5.41) is 9.83. The summed E-state index contributed by atoms with van der Waals surface area (Å²) in [6.07, 6.45) is 3.02. The molecular formula is C18H25N5O. The molecule has 0 unspecified atom stereocenters. The van der Waals surface area contributed by atoms with Gasteiger partial charge in [0, 0.05) is 44.8 Å². The number of anilines is 2. The van der Waals surface area contributed by atoms with Crippen molar-refractivity contribution < 1.29 is 4.79 Å². The van der Waals surface area contributed by atoms with Crippen LogP contribution in [0, 0.1) is 0 Å². The minimum Gasteiger partial charge on any atom is -0.369 e. The van der Waals surface area contributed by atoms with Crippen LogP contribution in [0.4, 0.5) is 11.4 Å². The van der Waals surface area contributed by atoms with E-state index in [-0.39, 0.29) is 5.91 Å². The molecule has 1 aromatic carbocycles. The molecule has 1 fully saturated rings. The van der Waals surface area contributed by atoms with E-state index in [2.05, 4.69) is 49.6 Å². The first-order valence-electron chi connectivity index (χ1n) is 8.60. The number of piperazine rings is 1. The van der Waals surface area contributed by atoms with Crippen LogP contribution in [0.5, 0.6) is 0 Å². The summed E-state index contributed by atoms with van der Waals surface area (Å²) in [5.41, 5.74) is 3.05. The normalized spacial score (nSPS) is 15.5. The van der Waals surface area contributed by atoms with Gasteiger partial charge in [0.2, 0.25) is 5.91 Å². The Morgan fingerprint density at radius 3 is 2.67 bits per heavy atom. The number of nitrogens with zero attached hydrogens (tertiary/aromatic N) is 3. The number of aromatic amines is 1. The van der Waals surface area contributed by atoms with Crippen molar-refractivity contribution in [3.05, 3.63) is 42.2 Å². The van der Waals surface area contributed by atoms with E-state index in [0.29, 0.717) is 6.42 Å². The van der Waals surface area contributed by atoms with Gasteiger partial charge in [-0.1, -0.05) is 25.1 Å². The van der Waals surface area contributed by atoms with E-state index in [0.717, 1.165) is 50.5 Å². The lowest BCUT2D eigenvalue weighted by molar-refractivity contribution is -0.116. The molecule has 0 bridgehead atoms. The van der Waals surface area contributed by atoms with Crippen molar-refractivity contribution in [3.8, 4) is 0 Å². The molecule has 2 aromatic rings. The summed E-state index contributed by atoms with van der Waals surface area (Å²) in [6, 6.07) is 10.5. The molecule has 1 aliphatic heterocycles. The lowest BCUT2D eigenvalue weighted by Gasteiger charge is -2.36. The standard InChI is InChI=1S/C18H25N5O/c1-2-16-17(14-19-21-16)20-18(24)8-9-22-10-12-23(13-11-22)15-6-4-3-5-7-15/h3-7,14H,2,8-13H2,1H3,(H,19,21)(H,20,24). The molecule has 24 heavy (non-hydrogen) atoms. The summed E-state index contributed by atoms with van der Waals surface area (Å²) in [6.45, 7) is 6.84. The number of H-pyrrole nitrogens is 1. The van der Waals surface area contributed by atoms with E-state index in [1.165, 1.54) is 5.69 Å². The molecule has 0 aliphatic carbocycles. The van der Waals surface area contributed by atoms with Gasteiger partial charge in [-0.2, -0.15) is 5.10 Å². The number of rotatable bonds is 6. The van der Waals surface area contributed by atoms with E-state index in [1.807, 2.05) is 13.0 Å². The van der Waals surface area contributed by atoms with Gasteiger partial charge in [-0.05, 0) is 18.6 Å². The first kappa shape index (κ1) is 16.5. The summed E-state index contributed by atoms with van der Waals surface area (Å²) in [5.74, 6) is 0.0524. The fourth-order valence-corrected chi connectivity index (χ4v) is 3.03. The zero-order valence-corrected chi connectivity index (χ0v) is 14.2.